The number of ether oxygens (including phenoxy) is 2. The maximum atomic E-state index is 5.45. The van der Waals surface area contributed by atoms with Crippen LogP contribution in [0.2, 0.25) is 0 Å². The van der Waals surface area contributed by atoms with Crippen molar-refractivity contribution in [1.29, 1.82) is 0 Å². The highest BCUT2D eigenvalue weighted by molar-refractivity contribution is 4.69. The molecule has 0 spiro atoms. The molecule has 23 heavy (non-hydrogen) atoms. The number of hydrogen-bond donors (Lipinski definition) is 0. The molecule has 0 N–H and O–H groups in total. The molecule has 2 heterocycles. The predicted octanol–water partition coefficient (Wildman–Crippen LogP) is 3.51. The van der Waals surface area contributed by atoms with Crippen LogP contribution in [0.25, 0.3) is 0 Å². The van der Waals surface area contributed by atoms with Crippen LogP contribution < -0.4 is 0 Å². The maximum absolute atomic E-state index is 5.45. The zero-order valence-corrected chi connectivity index (χ0v) is 16.8. The lowest BCUT2D eigenvalue weighted by Gasteiger charge is -2.25. The quantitative estimate of drug-likeness (QED) is 0.773. The van der Waals surface area contributed by atoms with E-state index >= 15 is 0 Å². The van der Waals surface area contributed by atoms with Crippen LogP contribution in [0.3, 0.4) is 0 Å². The van der Waals surface area contributed by atoms with Crippen molar-refractivity contribution in [3.8, 4) is 0 Å². The summed E-state index contributed by atoms with van der Waals surface area (Å²) in [7, 11) is 0. The van der Waals surface area contributed by atoms with E-state index in [4.69, 9.17) is 9.47 Å². The van der Waals surface area contributed by atoms with Gasteiger partial charge in [0, 0.05) is 44.9 Å². The van der Waals surface area contributed by atoms with Gasteiger partial charge in [0.25, 0.3) is 0 Å². The first kappa shape index (κ1) is 22.8. The molecule has 0 saturated carbocycles. The Morgan fingerprint density at radius 1 is 0.783 bits per heavy atom. The summed E-state index contributed by atoms with van der Waals surface area (Å²) in [5, 5.41) is 0. The van der Waals surface area contributed by atoms with E-state index in [1.165, 1.54) is 19.5 Å². The summed E-state index contributed by atoms with van der Waals surface area (Å²) in [6.45, 7) is 23.5. The SMILES string of the molecule is CC.CC(C)N1CCCOCC1.CC1COCCN(C(C)C)C1. The summed E-state index contributed by atoms with van der Waals surface area (Å²) in [4.78, 5) is 4.95. The second-order valence-corrected chi connectivity index (χ2v) is 6.86. The third-order valence-corrected chi connectivity index (χ3v) is 4.19. The summed E-state index contributed by atoms with van der Waals surface area (Å²) in [6.07, 6.45) is 1.19. The van der Waals surface area contributed by atoms with E-state index in [9.17, 15) is 0 Å². The molecule has 140 valence electrons. The van der Waals surface area contributed by atoms with Gasteiger partial charge < -0.3 is 9.47 Å². The van der Waals surface area contributed by atoms with E-state index in [-0.39, 0.29) is 0 Å². The minimum Gasteiger partial charge on any atom is -0.380 e. The predicted molar refractivity (Wildman–Crippen MR) is 100 cm³/mol. The lowest BCUT2D eigenvalue weighted by atomic mass is 10.1. The standard InChI is InChI=1S/C9H19NO.C8H17NO.C2H6/c1-8(2)10-4-5-11-7-9(3)6-10;1-8(2)9-4-3-6-10-7-5-9;1-2/h8-9H,4-7H2,1-3H3;8H,3-7H2,1-2H3;1-2H3. The third-order valence-electron chi connectivity index (χ3n) is 4.19. The van der Waals surface area contributed by atoms with Crippen molar-refractivity contribution in [1.82, 2.24) is 9.80 Å². The molecule has 2 fully saturated rings. The number of nitrogens with zero attached hydrogens (tertiary/aromatic N) is 2. The summed E-state index contributed by atoms with van der Waals surface area (Å²) in [6, 6.07) is 1.35. The van der Waals surface area contributed by atoms with E-state index in [1.54, 1.807) is 0 Å². The zero-order chi connectivity index (χ0) is 17.7. The largest absolute Gasteiger partial charge is 0.380 e. The van der Waals surface area contributed by atoms with Crippen LogP contribution in [0.4, 0.5) is 0 Å². The molecule has 2 aliphatic rings. The van der Waals surface area contributed by atoms with Crippen molar-refractivity contribution in [3.05, 3.63) is 0 Å². The van der Waals surface area contributed by atoms with Crippen LogP contribution in [0.15, 0.2) is 0 Å². The molecule has 0 bridgehead atoms. The van der Waals surface area contributed by atoms with E-state index in [2.05, 4.69) is 44.4 Å². The highest BCUT2D eigenvalue weighted by Crippen LogP contribution is 2.08. The molecule has 2 saturated heterocycles. The summed E-state index contributed by atoms with van der Waals surface area (Å²) < 4.78 is 10.8. The average Bonchev–Trinajstić information content (AvgIpc) is 2.92. The van der Waals surface area contributed by atoms with Gasteiger partial charge in [-0.3, -0.25) is 9.80 Å². The molecule has 4 heteroatoms. The van der Waals surface area contributed by atoms with Gasteiger partial charge >= 0.3 is 0 Å². The Morgan fingerprint density at radius 2 is 1.35 bits per heavy atom. The van der Waals surface area contributed by atoms with Crippen molar-refractivity contribution >= 4 is 0 Å². The first-order valence-electron chi connectivity index (χ1n) is 9.64. The summed E-state index contributed by atoms with van der Waals surface area (Å²) in [5.74, 6) is 0.694. The second-order valence-electron chi connectivity index (χ2n) is 6.86. The lowest BCUT2D eigenvalue weighted by Crippen LogP contribution is -2.35. The fourth-order valence-corrected chi connectivity index (χ4v) is 2.76. The molecule has 0 radical (unpaired) electrons. The molecule has 2 rings (SSSR count). The number of hydrogen-bond acceptors (Lipinski definition) is 4. The van der Waals surface area contributed by atoms with E-state index < -0.39 is 0 Å². The first-order chi connectivity index (χ1) is 11.0. The monoisotopic (exact) mass is 330 g/mol. The van der Waals surface area contributed by atoms with Gasteiger partial charge in [-0.15, -0.1) is 0 Å². The highest BCUT2D eigenvalue weighted by atomic mass is 16.5. The Balaban J connectivity index is 0.000000381. The Hall–Kier alpha value is -0.160. The fraction of sp³-hybridized carbons (Fsp3) is 1.00. The van der Waals surface area contributed by atoms with E-state index in [0.29, 0.717) is 18.0 Å². The molecule has 0 aliphatic carbocycles. The normalized spacial score (nSPS) is 24.1. The smallest absolute Gasteiger partial charge is 0.0593 e. The average molecular weight is 331 g/mol. The zero-order valence-electron chi connectivity index (χ0n) is 16.8. The van der Waals surface area contributed by atoms with Crippen LogP contribution in [0, 0.1) is 5.92 Å². The van der Waals surface area contributed by atoms with Gasteiger partial charge in [0.05, 0.1) is 19.8 Å². The lowest BCUT2D eigenvalue weighted by molar-refractivity contribution is 0.124. The van der Waals surface area contributed by atoms with Crippen molar-refractivity contribution in [2.45, 2.75) is 67.0 Å². The summed E-state index contributed by atoms with van der Waals surface area (Å²) >= 11 is 0. The van der Waals surface area contributed by atoms with Crippen molar-refractivity contribution in [3.63, 3.8) is 0 Å². The maximum Gasteiger partial charge on any atom is 0.0593 e. The Labute approximate surface area is 145 Å². The molecule has 1 atom stereocenters. The van der Waals surface area contributed by atoms with Gasteiger partial charge in [-0.1, -0.05) is 20.8 Å². The van der Waals surface area contributed by atoms with Crippen LogP contribution in [0.1, 0.15) is 54.9 Å². The van der Waals surface area contributed by atoms with E-state index in [0.717, 1.165) is 39.5 Å². The van der Waals surface area contributed by atoms with Crippen molar-refractivity contribution < 1.29 is 9.47 Å². The molecular weight excluding hydrogens is 288 g/mol. The fourth-order valence-electron chi connectivity index (χ4n) is 2.76. The van der Waals surface area contributed by atoms with Gasteiger partial charge in [0.15, 0.2) is 0 Å². The van der Waals surface area contributed by atoms with Crippen molar-refractivity contribution in [2.24, 2.45) is 5.92 Å². The van der Waals surface area contributed by atoms with Crippen LogP contribution >= 0.6 is 0 Å². The van der Waals surface area contributed by atoms with Crippen LogP contribution in [0.5, 0.6) is 0 Å². The molecule has 0 amide bonds. The Morgan fingerprint density at radius 3 is 1.96 bits per heavy atom. The highest BCUT2D eigenvalue weighted by Gasteiger charge is 2.16. The Kier molecular flexibility index (Phi) is 14.1. The number of rotatable bonds is 2. The van der Waals surface area contributed by atoms with Crippen LogP contribution in [-0.2, 0) is 9.47 Å². The van der Waals surface area contributed by atoms with E-state index in [1.807, 2.05) is 13.8 Å². The molecule has 2 aliphatic heterocycles. The molecule has 1 unspecified atom stereocenters. The van der Waals surface area contributed by atoms with Gasteiger partial charge in [-0.05, 0) is 40.0 Å². The summed E-state index contributed by atoms with van der Waals surface area (Å²) in [5.41, 5.74) is 0. The first-order valence-corrected chi connectivity index (χ1v) is 9.64. The molecule has 0 aromatic heterocycles. The molecule has 4 nitrogen and oxygen atoms in total. The van der Waals surface area contributed by atoms with Gasteiger partial charge in [0.2, 0.25) is 0 Å². The van der Waals surface area contributed by atoms with Crippen molar-refractivity contribution in [2.75, 3.05) is 52.6 Å². The minimum absolute atomic E-state index is 0.666. The molecule has 0 aromatic rings. The van der Waals surface area contributed by atoms with Gasteiger partial charge in [-0.25, -0.2) is 0 Å². The minimum atomic E-state index is 0.666. The van der Waals surface area contributed by atoms with Gasteiger partial charge in [0.1, 0.15) is 0 Å². The molecule has 0 aromatic carbocycles. The Bertz CT molecular complexity index is 252. The van der Waals surface area contributed by atoms with Gasteiger partial charge in [-0.2, -0.15) is 0 Å². The topological polar surface area (TPSA) is 24.9 Å². The third kappa shape index (κ3) is 11.1. The second kappa shape index (κ2) is 14.2. The molecular formula is C19H42N2O2. The van der Waals surface area contributed by atoms with Crippen LogP contribution in [-0.4, -0.2) is 74.5 Å².